The Morgan fingerprint density at radius 3 is 2.62 bits per heavy atom. The zero-order valence-corrected chi connectivity index (χ0v) is 7.57. The summed E-state index contributed by atoms with van der Waals surface area (Å²) in [4.78, 5) is 0. The zero-order valence-electron chi connectivity index (χ0n) is 7.57. The highest BCUT2D eigenvalue weighted by molar-refractivity contribution is 5.19. The Kier molecular flexibility index (Phi) is 2.21. The largest absolute Gasteiger partial charge is 0.459 e. The first-order chi connectivity index (χ1) is 6.34. The van der Waals surface area contributed by atoms with Crippen LogP contribution in [0.2, 0.25) is 0 Å². The number of rotatable bonds is 2. The van der Waals surface area contributed by atoms with Gasteiger partial charge in [0.2, 0.25) is 6.29 Å². The molecule has 0 amide bonds. The Morgan fingerprint density at radius 1 is 1.23 bits per heavy atom. The van der Waals surface area contributed by atoms with Gasteiger partial charge in [-0.3, -0.25) is 0 Å². The fourth-order valence-corrected chi connectivity index (χ4v) is 1.32. The third kappa shape index (κ3) is 2.02. The van der Waals surface area contributed by atoms with Crippen LogP contribution in [0.25, 0.3) is 0 Å². The van der Waals surface area contributed by atoms with Gasteiger partial charge >= 0.3 is 0 Å². The lowest BCUT2D eigenvalue weighted by Gasteiger charge is -2.05. The number of hydrogen-bond acceptors (Lipinski definition) is 2. The minimum Gasteiger partial charge on any atom is -0.459 e. The van der Waals surface area contributed by atoms with E-state index < -0.39 is 0 Å². The first-order valence-electron chi connectivity index (χ1n) is 4.40. The number of ether oxygens (including phenoxy) is 2. The summed E-state index contributed by atoms with van der Waals surface area (Å²) in [5, 5.41) is 0. The van der Waals surface area contributed by atoms with Gasteiger partial charge in [0.1, 0.15) is 12.0 Å². The van der Waals surface area contributed by atoms with Crippen LogP contribution in [0.5, 0.6) is 0 Å². The van der Waals surface area contributed by atoms with Crippen LogP contribution < -0.4 is 0 Å². The molecule has 0 saturated carbocycles. The molecule has 1 unspecified atom stereocenters. The number of hydrogen-bond donors (Lipinski definition) is 0. The first-order valence-corrected chi connectivity index (χ1v) is 4.40. The monoisotopic (exact) mass is 176 g/mol. The SMILES string of the molecule is CC1OC=C(Cc2ccccc2)O1. The Morgan fingerprint density at radius 2 is 2.00 bits per heavy atom. The van der Waals surface area contributed by atoms with E-state index in [9.17, 15) is 0 Å². The fraction of sp³-hybridized carbons (Fsp3) is 0.273. The molecule has 1 aromatic carbocycles. The van der Waals surface area contributed by atoms with Crippen molar-refractivity contribution in [3.63, 3.8) is 0 Å². The number of benzene rings is 1. The Hall–Kier alpha value is -1.44. The van der Waals surface area contributed by atoms with Crippen LogP contribution in [0.4, 0.5) is 0 Å². The van der Waals surface area contributed by atoms with Crippen LogP contribution in [0.15, 0.2) is 42.4 Å². The summed E-state index contributed by atoms with van der Waals surface area (Å²) in [6.45, 7) is 1.88. The predicted molar refractivity (Wildman–Crippen MR) is 49.9 cm³/mol. The summed E-state index contributed by atoms with van der Waals surface area (Å²) in [6.07, 6.45) is 2.38. The predicted octanol–water partition coefficient (Wildman–Crippen LogP) is 2.46. The second kappa shape index (κ2) is 3.52. The van der Waals surface area contributed by atoms with Gasteiger partial charge in [-0.2, -0.15) is 0 Å². The Labute approximate surface area is 77.8 Å². The molecule has 68 valence electrons. The Bertz CT molecular complexity index is 303. The van der Waals surface area contributed by atoms with E-state index in [4.69, 9.17) is 9.47 Å². The van der Waals surface area contributed by atoms with Gasteiger partial charge in [-0.25, -0.2) is 0 Å². The standard InChI is InChI=1S/C11H12O2/c1-9-12-8-11(13-9)7-10-5-3-2-4-6-10/h2-6,8-9H,7H2,1H3. The topological polar surface area (TPSA) is 18.5 Å². The van der Waals surface area contributed by atoms with E-state index in [1.54, 1.807) is 6.26 Å². The molecule has 2 heteroatoms. The van der Waals surface area contributed by atoms with E-state index in [-0.39, 0.29) is 6.29 Å². The summed E-state index contributed by atoms with van der Waals surface area (Å²) < 4.78 is 10.6. The van der Waals surface area contributed by atoms with Gasteiger partial charge < -0.3 is 9.47 Å². The maximum absolute atomic E-state index is 5.40. The van der Waals surface area contributed by atoms with E-state index >= 15 is 0 Å². The molecule has 1 aliphatic heterocycles. The molecule has 0 bridgehead atoms. The van der Waals surface area contributed by atoms with Gasteiger partial charge in [-0.05, 0) is 5.56 Å². The van der Waals surface area contributed by atoms with Crippen molar-refractivity contribution in [2.75, 3.05) is 0 Å². The van der Waals surface area contributed by atoms with Gasteiger partial charge in [0, 0.05) is 13.3 Å². The molecule has 1 heterocycles. The Balaban J connectivity index is 2.00. The lowest BCUT2D eigenvalue weighted by Crippen LogP contribution is -2.01. The van der Waals surface area contributed by atoms with Gasteiger partial charge in [0.05, 0.1) is 0 Å². The van der Waals surface area contributed by atoms with Gasteiger partial charge in [-0.15, -0.1) is 0 Å². The fourth-order valence-electron chi connectivity index (χ4n) is 1.32. The van der Waals surface area contributed by atoms with Crippen molar-refractivity contribution in [2.45, 2.75) is 19.6 Å². The van der Waals surface area contributed by atoms with Crippen LogP contribution in [-0.2, 0) is 15.9 Å². The molecule has 0 radical (unpaired) electrons. The lowest BCUT2D eigenvalue weighted by molar-refractivity contribution is -0.0160. The number of allylic oxidation sites excluding steroid dienone is 1. The third-order valence-electron chi connectivity index (χ3n) is 1.93. The molecule has 0 aromatic heterocycles. The van der Waals surface area contributed by atoms with Crippen molar-refractivity contribution < 1.29 is 9.47 Å². The van der Waals surface area contributed by atoms with Gasteiger partial charge in [-0.1, -0.05) is 30.3 Å². The molecule has 2 rings (SSSR count). The van der Waals surface area contributed by atoms with Crippen LogP contribution >= 0.6 is 0 Å². The molecule has 1 aliphatic rings. The minimum absolute atomic E-state index is 0.126. The van der Waals surface area contributed by atoms with Crippen LogP contribution in [0, 0.1) is 0 Å². The quantitative estimate of drug-likeness (QED) is 0.689. The summed E-state index contributed by atoms with van der Waals surface area (Å²) in [5.74, 6) is 0.902. The molecule has 13 heavy (non-hydrogen) atoms. The van der Waals surface area contributed by atoms with Crippen molar-refractivity contribution >= 4 is 0 Å². The van der Waals surface area contributed by atoms with Gasteiger partial charge in [0.25, 0.3) is 0 Å². The summed E-state index contributed by atoms with van der Waals surface area (Å²) in [6, 6.07) is 10.2. The highest BCUT2D eigenvalue weighted by Gasteiger charge is 2.13. The van der Waals surface area contributed by atoms with Crippen LogP contribution in [-0.4, -0.2) is 6.29 Å². The summed E-state index contributed by atoms with van der Waals surface area (Å²) in [5.41, 5.74) is 1.24. The van der Waals surface area contributed by atoms with E-state index in [1.807, 2.05) is 25.1 Å². The van der Waals surface area contributed by atoms with E-state index in [0.717, 1.165) is 12.2 Å². The second-order valence-corrected chi connectivity index (χ2v) is 3.07. The zero-order chi connectivity index (χ0) is 9.10. The smallest absolute Gasteiger partial charge is 0.237 e. The second-order valence-electron chi connectivity index (χ2n) is 3.07. The van der Waals surface area contributed by atoms with Crippen molar-refractivity contribution in [1.82, 2.24) is 0 Å². The van der Waals surface area contributed by atoms with Crippen LogP contribution in [0.1, 0.15) is 12.5 Å². The summed E-state index contributed by atoms with van der Waals surface area (Å²) in [7, 11) is 0. The van der Waals surface area contributed by atoms with Crippen LogP contribution in [0.3, 0.4) is 0 Å². The molecule has 0 aliphatic carbocycles. The van der Waals surface area contributed by atoms with E-state index in [1.165, 1.54) is 5.56 Å². The molecule has 0 saturated heterocycles. The molecule has 0 spiro atoms. The molecule has 0 fully saturated rings. The average Bonchev–Trinajstić information content (AvgIpc) is 2.53. The highest BCUT2D eigenvalue weighted by Crippen LogP contribution is 2.17. The maximum atomic E-state index is 5.40. The van der Waals surface area contributed by atoms with Crippen molar-refractivity contribution in [2.24, 2.45) is 0 Å². The third-order valence-corrected chi connectivity index (χ3v) is 1.93. The first kappa shape index (κ1) is 8.17. The van der Waals surface area contributed by atoms with Crippen molar-refractivity contribution in [1.29, 1.82) is 0 Å². The van der Waals surface area contributed by atoms with E-state index in [0.29, 0.717) is 0 Å². The summed E-state index contributed by atoms with van der Waals surface area (Å²) >= 11 is 0. The highest BCUT2D eigenvalue weighted by atomic mass is 16.7. The maximum Gasteiger partial charge on any atom is 0.237 e. The molecular formula is C11H12O2. The molecule has 1 aromatic rings. The van der Waals surface area contributed by atoms with Gasteiger partial charge in [0.15, 0.2) is 0 Å². The van der Waals surface area contributed by atoms with Crippen molar-refractivity contribution in [3.8, 4) is 0 Å². The van der Waals surface area contributed by atoms with Crippen molar-refractivity contribution in [3.05, 3.63) is 47.9 Å². The lowest BCUT2D eigenvalue weighted by atomic mass is 10.1. The minimum atomic E-state index is -0.126. The molecule has 2 nitrogen and oxygen atoms in total. The average molecular weight is 176 g/mol. The molecule has 0 N–H and O–H groups in total. The molecule has 1 atom stereocenters. The van der Waals surface area contributed by atoms with E-state index in [2.05, 4.69) is 12.1 Å². The normalized spacial score (nSPS) is 20.4. The molecular weight excluding hydrogens is 164 g/mol.